The van der Waals surface area contributed by atoms with Gasteiger partial charge in [-0.2, -0.15) is 0 Å². The van der Waals surface area contributed by atoms with E-state index >= 15 is 0 Å². The summed E-state index contributed by atoms with van der Waals surface area (Å²) in [5, 5.41) is 3.64. The molecule has 4 aromatic carbocycles. The first kappa shape index (κ1) is 29.6. The maximum atomic E-state index is 6.36. The van der Waals surface area contributed by atoms with Crippen molar-refractivity contribution in [3.05, 3.63) is 149 Å². The lowest BCUT2D eigenvalue weighted by Gasteiger charge is -2.41. The molecular weight excluding hydrogens is 611 g/mol. The Kier molecular flexibility index (Phi) is 6.11. The smallest absolute Gasteiger partial charge is 0.203 e. The van der Waals surface area contributed by atoms with Gasteiger partial charge in [-0.05, 0) is 64.3 Å². The van der Waals surface area contributed by atoms with Gasteiger partial charge in [0.05, 0.1) is 11.2 Å². The monoisotopic (exact) mass is 651 g/mol. The average molecular weight is 652 g/mol. The Hall–Kier alpha value is -5.35. The highest BCUT2D eigenvalue weighted by Gasteiger charge is 2.53. The first-order valence-electron chi connectivity index (χ1n) is 18.0. The molecular formula is C46H41N3O. The van der Waals surface area contributed by atoms with Crippen molar-refractivity contribution in [1.82, 2.24) is 9.47 Å². The Morgan fingerprint density at radius 2 is 1.62 bits per heavy atom. The lowest BCUT2D eigenvalue weighted by atomic mass is 9.62. The predicted molar refractivity (Wildman–Crippen MR) is 208 cm³/mol. The normalized spacial score (nSPS) is 24.6. The Morgan fingerprint density at radius 3 is 2.48 bits per heavy atom. The molecule has 0 spiro atoms. The van der Waals surface area contributed by atoms with Crippen LogP contribution in [0.25, 0.3) is 50.0 Å². The van der Waals surface area contributed by atoms with Crippen LogP contribution in [0.15, 0.2) is 131 Å². The molecule has 1 aliphatic heterocycles. The van der Waals surface area contributed by atoms with Gasteiger partial charge in [-0.15, -0.1) is 0 Å². The highest BCUT2D eigenvalue weighted by molar-refractivity contribution is 6.11. The fraction of sp³-hybridized carbons (Fsp3) is 0.239. The van der Waals surface area contributed by atoms with Gasteiger partial charge in [-0.3, -0.25) is 0 Å². The molecule has 4 nitrogen and oxygen atoms in total. The minimum absolute atomic E-state index is 0.0148. The zero-order chi connectivity index (χ0) is 33.9. The van der Waals surface area contributed by atoms with Crippen LogP contribution in [-0.4, -0.2) is 22.2 Å². The maximum absolute atomic E-state index is 6.36. The van der Waals surface area contributed by atoms with E-state index in [4.69, 9.17) is 9.41 Å². The number of rotatable bonds is 3. The number of aromatic nitrogens is 1. The molecule has 4 aliphatic rings. The molecule has 4 atom stereocenters. The number of fused-ring (bicyclic) bond motifs is 9. The molecule has 0 fully saturated rings. The van der Waals surface area contributed by atoms with Crippen molar-refractivity contribution in [3.63, 3.8) is 0 Å². The van der Waals surface area contributed by atoms with Crippen LogP contribution in [0.1, 0.15) is 67.9 Å². The molecule has 0 saturated carbocycles. The van der Waals surface area contributed by atoms with Crippen molar-refractivity contribution in [1.29, 1.82) is 0 Å². The first-order chi connectivity index (χ1) is 24.2. The molecule has 6 aromatic rings. The van der Waals surface area contributed by atoms with Gasteiger partial charge < -0.3 is 13.9 Å². The Bertz CT molecular complexity index is 2550. The summed E-state index contributed by atoms with van der Waals surface area (Å²) in [6.07, 6.45) is 19.2. The van der Waals surface area contributed by atoms with Gasteiger partial charge in [0.15, 0.2) is 0 Å². The summed E-state index contributed by atoms with van der Waals surface area (Å²) in [6, 6.07) is 28.5. The second-order valence-electron chi connectivity index (χ2n) is 15.6. The van der Waals surface area contributed by atoms with Gasteiger partial charge >= 0.3 is 0 Å². The van der Waals surface area contributed by atoms with E-state index in [9.17, 15) is 0 Å². The lowest BCUT2D eigenvalue weighted by molar-refractivity contribution is 0.245. The minimum atomic E-state index is -0.190. The van der Waals surface area contributed by atoms with E-state index in [1.807, 2.05) is 12.1 Å². The van der Waals surface area contributed by atoms with E-state index in [0.717, 1.165) is 50.8 Å². The molecule has 3 heterocycles. The Labute approximate surface area is 293 Å². The zero-order valence-corrected chi connectivity index (χ0v) is 29.3. The molecule has 50 heavy (non-hydrogen) atoms. The second kappa shape index (κ2) is 10.3. The molecule has 3 unspecified atom stereocenters. The van der Waals surface area contributed by atoms with Crippen LogP contribution in [0.5, 0.6) is 0 Å². The molecule has 4 heteroatoms. The van der Waals surface area contributed by atoms with E-state index in [1.165, 1.54) is 33.3 Å². The number of nitrogens with zero attached hydrogens (tertiary/aromatic N) is 3. The van der Waals surface area contributed by atoms with Gasteiger partial charge in [0, 0.05) is 57.6 Å². The standard InChI is InChI=1S/C46H41N3O/c1-28-16-21-32-35-26-38-36(37-14-8-9-23-46(37,4)45(38,2)3)27-41(35)49(40(32)25-28)44-47-39(22-24-48(44)5)30-19-17-29(18-20-30)31-12-10-13-34-33-11-6-7-15-42(33)50-43(31)34/h6-24,26-28,37,44H,25H2,1-5H3/t28?,37-,44?,46?/m1/s1. The molecule has 2 aromatic heterocycles. The van der Waals surface area contributed by atoms with Gasteiger partial charge in [0.25, 0.3) is 0 Å². The predicted octanol–water partition coefficient (Wildman–Crippen LogP) is 11.3. The average Bonchev–Trinajstić information content (AvgIpc) is 3.71. The van der Waals surface area contributed by atoms with Crippen molar-refractivity contribution in [2.45, 2.75) is 51.7 Å². The number of aliphatic imine (C=N–C) groups is 1. The summed E-state index contributed by atoms with van der Waals surface area (Å²) in [5.41, 5.74) is 13.2. The van der Waals surface area contributed by atoms with Crippen molar-refractivity contribution in [2.24, 2.45) is 16.3 Å². The zero-order valence-electron chi connectivity index (χ0n) is 29.3. The van der Waals surface area contributed by atoms with E-state index in [0.29, 0.717) is 11.8 Å². The van der Waals surface area contributed by atoms with Crippen LogP contribution >= 0.6 is 0 Å². The minimum Gasteiger partial charge on any atom is -0.455 e. The fourth-order valence-electron chi connectivity index (χ4n) is 9.32. The fourth-order valence-corrected chi connectivity index (χ4v) is 9.32. The summed E-state index contributed by atoms with van der Waals surface area (Å²) in [6.45, 7) is 9.62. The van der Waals surface area contributed by atoms with Gasteiger partial charge in [-0.1, -0.05) is 125 Å². The van der Waals surface area contributed by atoms with Crippen molar-refractivity contribution >= 4 is 44.6 Å². The summed E-state index contributed by atoms with van der Waals surface area (Å²) in [5.74, 6) is 0.823. The van der Waals surface area contributed by atoms with Crippen LogP contribution in [0.4, 0.5) is 0 Å². The van der Waals surface area contributed by atoms with Gasteiger partial charge in [0.1, 0.15) is 11.2 Å². The number of allylic oxidation sites excluding steroid dienone is 6. The number of hydrogen-bond acceptors (Lipinski definition) is 3. The summed E-state index contributed by atoms with van der Waals surface area (Å²) in [7, 11) is 2.15. The molecule has 0 N–H and O–H groups in total. The number of furan rings is 1. The molecule has 3 aliphatic carbocycles. The molecule has 0 amide bonds. The highest BCUT2D eigenvalue weighted by atomic mass is 16.3. The van der Waals surface area contributed by atoms with Crippen molar-refractivity contribution in [2.75, 3.05) is 7.05 Å². The van der Waals surface area contributed by atoms with Crippen LogP contribution < -0.4 is 0 Å². The SMILES string of the molecule is CC1C=Cc2c(n(C3N=C(c4ccc(-c5cccc6c5oc5ccccc56)cc4)C=CN3C)c3cc4c(cc23)C(C)(C)C2(C)C=CC=C[C@H]42)C1. The first-order valence-corrected chi connectivity index (χ1v) is 18.0. The van der Waals surface area contributed by atoms with Crippen LogP contribution in [0.2, 0.25) is 0 Å². The van der Waals surface area contributed by atoms with Crippen molar-refractivity contribution in [3.8, 4) is 11.1 Å². The van der Waals surface area contributed by atoms with E-state index in [-0.39, 0.29) is 17.1 Å². The largest absolute Gasteiger partial charge is 0.455 e. The highest BCUT2D eigenvalue weighted by Crippen LogP contribution is 2.62. The molecule has 0 saturated heterocycles. The molecule has 0 bridgehead atoms. The summed E-state index contributed by atoms with van der Waals surface area (Å²) < 4.78 is 8.90. The third-order valence-electron chi connectivity index (χ3n) is 12.5. The van der Waals surface area contributed by atoms with Gasteiger partial charge in [-0.25, -0.2) is 4.99 Å². The third kappa shape index (κ3) is 3.96. The van der Waals surface area contributed by atoms with Crippen LogP contribution in [-0.2, 0) is 11.8 Å². The second-order valence-corrected chi connectivity index (χ2v) is 15.6. The molecule has 0 radical (unpaired) electrons. The van der Waals surface area contributed by atoms with E-state index < -0.39 is 0 Å². The lowest BCUT2D eigenvalue weighted by Crippen LogP contribution is -2.36. The van der Waals surface area contributed by atoms with Crippen LogP contribution in [0.3, 0.4) is 0 Å². The summed E-state index contributed by atoms with van der Waals surface area (Å²) >= 11 is 0. The molecule has 246 valence electrons. The molecule has 10 rings (SSSR count). The third-order valence-corrected chi connectivity index (χ3v) is 12.5. The van der Waals surface area contributed by atoms with E-state index in [1.54, 1.807) is 0 Å². The quantitative estimate of drug-likeness (QED) is 0.191. The number of benzene rings is 4. The van der Waals surface area contributed by atoms with Gasteiger partial charge in [0.2, 0.25) is 6.29 Å². The summed E-state index contributed by atoms with van der Waals surface area (Å²) in [4.78, 5) is 7.77. The maximum Gasteiger partial charge on any atom is 0.203 e. The topological polar surface area (TPSA) is 33.7 Å². The van der Waals surface area contributed by atoms with E-state index in [2.05, 4.69) is 160 Å². The Morgan fingerprint density at radius 1 is 0.820 bits per heavy atom. The Balaban J connectivity index is 1.09. The number of hydrogen-bond donors (Lipinski definition) is 0. The van der Waals surface area contributed by atoms with Crippen molar-refractivity contribution < 1.29 is 4.42 Å². The van der Waals surface area contributed by atoms with Crippen LogP contribution in [0, 0.1) is 11.3 Å². The number of para-hydroxylation sites is 2.